The molecule has 3 aromatic rings. The molecule has 0 radical (unpaired) electrons. The summed E-state index contributed by atoms with van der Waals surface area (Å²) in [5, 5.41) is 3.53. The SMILES string of the molecule is Cc1ccccc1C(=O)Nc1ccc(C(=O)N2CCCC(OP(OCC(C)C)OCC(C)C)c3cc(Cl)ccc32)c(C)c1. The number of hydrogen-bond acceptors (Lipinski definition) is 5. The van der Waals surface area contributed by atoms with E-state index in [0.29, 0.717) is 59.9 Å². The van der Waals surface area contributed by atoms with Crippen LogP contribution in [0.4, 0.5) is 11.4 Å². The Morgan fingerprint density at radius 1 is 0.930 bits per heavy atom. The first kappa shape index (κ1) is 33.1. The van der Waals surface area contributed by atoms with E-state index in [4.69, 9.17) is 25.2 Å². The number of amides is 2. The van der Waals surface area contributed by atoms with Crippen LogP contribution in [0.1, 0.15) is 84.0 Å². The standard InChI is InChI=1S/C34H42ClN2O5P/c1-22(2)20-40-43(41-21-23(3)4)42-32-12-9-17-37(31-16-13-26(35)19-30(31)32)34(39)29-15-14-27(18-25(29)6)36-33(38)28-11-8-7-10-24(28)5/h7-8,10-11,13-16,18-19,22-23,32H,9,12,17,20-21H2,1-6H3,(H,36,38). The van der Waals surface area contributed by atoms with Gasteiger partial charge in [0, 0.05) is 39.6 Å². The van der Waals surface area contributed by atoms with E-state index in [1.165, 1.54) is 0 Å². The maximum absolute atomic E-state index is 14.0. The van der Waals surface area contributed by atoms with Gasteiger partial charge in [0.05, 0.1) is 19.3 Å². The molecule has 3 aromatic carbocycles. The lowest BCUT2D eigenvalue weighted by molar-refractivity contribution is 0.0977. The van der Waals surface area contributed by atoms with Crippen molar-refractivity contribution in [2.24, 2.45) is 11.8 Å². The maximum Gasteiger partial charge on any atom is 0.333 e. The van der Waals surface area contributed by atoms with Crippen LogP contribution < -0.4 is 10.2 Å². The third-order valence-corrected chi connectivity index (χ3v) is 8.45. The van der Waals surface area contributed by atoms with Crippen LogP contribution in [-0.4, -0.2) is 31.6 Å². The molecule has 7 nitrogen and oxygen atoms in total. The van der Waals surface area contributed by atoms with Crippen molar-refractivity contribution >= 4 is 43.4 Å². The molecular formula is C34H42ClN2O5P. The van der Waals surface area contributed by atoms with Crippen molar-refractivity contribution in [3.8, 4) is 0 Å². The van der Waals surface area contributed by atoms with Gasteiger partial charge < -0.3 is 23.8 Å². The Bertz CT molecular complexity index is 1420. The molecule has 1 atom stereocenters. The molecule has 1 unspecified atom stereocenters. The Balaban J connectivity index is 1.56. The largest absolute Gasteiger partial charge is 0.333 e. The van der Waals surface area contributed by atoms with E-state index in [1.54, 1.807) is 29.2 Å². The predicted molar refractivity (Wildman–Crippen MR) is 175 cm³/mol. The van der Waals surface area contributed by atoms with Gasteiger partial charge in [-0.2, -0.15) is 0 Å². The average molecular weight is 625 g/mol. The van der Waals surface area contributed by atoms with Crippen molar-refractivity contribution < 1.29 is 23.2 Å². The average Bonchev–Trinajstić information content (AvgIpc) is 3.13. The summed E-state index contributed by atoms with van der Waals surface area (Å²) in [6.45, 7) is 13.7. The van der Waals surface area contributed by atoms with Crippen molar-refractivity contribution in [2.75, 3.05) is 30.0 Å². The molecule has 0 saturated carbocycles. The summed E-state index contributed by atoms with van der Waals surface area (Å²) in [6.07, 6.45) is 1.08. The number of halogens is 1. The normalized spacial score (nSPS) is 15.1. The Labute approximate surface area is 261 Å². The third-order valence-electron chi connectivity index (χ3n) is 7.06. The molecule has 43 heavy (non-hydrogen) atoms. The van der Waals surface area contributed by atoms with Gasteiger partial charge in [-0.3, -0.25) is 9.59 Å². The molecule has 1 aliphatic rings. The predicted octanol–water partition coefficient (Wildman–Crippen LogP) is 9.28. The van der Waals surface area contributed by atoms with Crippen molar-refractivity contribution in [3.05, 3.63) is 93.5 Å². The minimum absolute atomic E-state index is 0.118. The Kier molecular flexibility index (Phi) is 11.8. The first-order chi connectivity index (χ1) is 20.5. The van der Waals surface area contributed by atoms with Crippen molar-refractivity contribution in [3.63, 3.8) is 0 Å². The van der Waals surface area contributed by atoms with E-state index < -0.39 is 8.60 Å². The van der Waals surface area contributed by atoms with Gasteiger partial charge in [-0.15, -0.1) is 0 Å². The second-order valence-electron chi connectivity index (χ2n) is 11.8. The second-order valence-corrected chi connectivity index (χ2v) is 13.4. The summed E-state index contributed by atoms with van der Waals surface area (Å²) in [6, 6.07) is 18.4. The summed E-state index contributed by atoms with van der Waals surface area (Å²) >= 11 is 6.47. The second kappa shape index (κ2) is 15.3. The number of fused-ring (bicyclic) bond motifs is 1. The van der Waals surface area contributed by atoms with Crippen LogP contribution in [0, 0.1) is 25.7 Å². The number of carbonyl (C=O) groups is 2. The molecule has 0 bridgehead atoms. The molecular weight excluding hydrogens is 583 g/mol. The number of nitrogens with one attached hydrogen (secondary N) is 1. The molecule has 0 fully saturated rings. The summed E-state index contributed by atoms with van der Waals surface area (Å²) < 4.78 is 18.6. The van der Waals surface area contributed by atoms with Gasteiger partial charge in [0.2, 0.25) is 0 Å². The quantitative estimate of drug-likeness (QED) is 0.215. The van der Waals surface area contributed by atoms with Gasteiger partial charge >= 0.3 is 8.60 Å². The minimum Gasteiger partial charge on any atom is -0.322 e. The molecule has 1 aliphatic heterocycles. The fourth-order valence-corrected chi connectivity index (χ4v) is 6.48. The van der Waals surface area contributed by atoms with Crippen molar-refractivity contribution in [2.45, 2.75) is 60.5 Å². The zero-order valence-corrected chi connectivity index (χ0v) is 27.5. The van der Waals surface area contributed by atoms with Crippen LogP contribution in [0.3, 0.4) is 0 Å². The van der Waals surface area contributed by atoms with Crippen LogP contribution >= 0.6 is 20.2 Å². The van der Waals surface area contributed by atoms with Gasteiger partial charge in [-0.25, -0.2) is 0 Å². The van der Waals surface area contributed by atoms with Gasteiger partial charge in [0.25, 0.3) is 11.8 Å². The van der Waals surface area contributed by atoms with Gasteiger partial charge in [-0.05, 0) is 92.1 Å². The molecule has 1 heterocycles. The highest BCUT2D eigenvalue weighted by Crippen LogP contribution is 2.49. The van der Waals surface area contributed by atoms with E-state index in [0.717, 1.165) is 28.8 Å². The first-order valence-corrected chi connectivity index (χ1v) is 16.3. The number of aryl methyl sites for hydroxylation is 2. The molecule has 0 spiro atoms. The zero-order valence-electron chi connectivity index (χ0n) is 25.9. The Morgan fingerprint density at radius 2 is 1.63 bits per heavy atom. The lowest BCUT2D eigenvalue weighted by Gasteiger charge is -2.27. The van der Waals surface area contributed by atoms with E-state index in [1.807, 2.05) is 50.2 Å². The summed E-state index contributed by atoms with van der Waals surface area (Å²) in [5.74, 6) is 0.375. The fraction of sp³-hybridized carbons (Fsp3) is 0.412. The highest BCUT2D eigenvalue weighted by atomic mass is 35.5. The molecule has 0 aliphatic carbocycles. The minimum atomic E-state index is -1.58. The van der Waals surface area contributed by atoms with Gasteiger partial charge in [-0.1, -0.05) is 57.5 Å². The summed E-state index contributed by atoms with van der Waals surface area (Å²) in [5.41, 5.74) is 5.09. The molecule has 0 aromatic heterocycles. The molecule has 0 saturated heterocycles. The number of hydrogen-bond donors (Lipinski definition) is 1. The number of benzene rings is 3. The van der Waals surface area contributed by atoms with Gasteiger partial charge in [0.15, 0.2) is 0 Å². The van der Waals surface area contributed by atoms with Crippen LogP contribution in [-0.2, 0) is 13.6 Å². The van der Waals surface area contributed by atoms with E-state index >= 15 is 0 Å². The maximum atomic E-state index is 14.0. The molecule has 1 N–H and O–H groups in total. The lowest BCUT2D eigenvalue weighted by atomic mass is 10.0. The third kappa shape index (κ3) is 8.87. The topological polar surface area (TPSA) is 77.1 Å². The van der Waals surface area contributed by atoms with Crippen LogP contribution in [0.5, 0.6) is 0 Å². The molecule has 2 amide bonds. The van der Waals surface area contributed by atoms with E-state index in [9.17, 15) is 9.59 Å². The lowest BCUT2D eigenvalue weighted by Crippen LogP contribution is -2.32. The van der Waals surface area contributed by atoms with Crippen molar-refractivity contribution in [1.29, 1.82) is 0 Å². The van der Waals surface area contributed by atoms with Crippen LogP contribution in [0.2, 0.25) is 5.02 Å². The molecule has 9 heteroatoms. The highest BCUT2D eigenvalue weighted by molar-refractivity contribution is 7.41. The smallest absolute Gasteiger partial charge is 0.322 e. The summed E-state index contributed by atoms with van der Waals surface area (Å²) in [7, 11) is -1.58. The number of rotatable bonds is 11. The number of anilines is 2. The first-order valence-electron chi connectivity index (χ1n) is 14.8. The summed E-state index contributed by atoms with van der Waals surface area (Å²) in [4.78, 5) is 28.7. The van der Waals surface area contributed by atoms with Gasteiger partial charge in [0.1, 0.15) is 0 Å². The van der Waals surface area contributed by atoms with Crippen molar-refractivity contribution in [1.82, 2.24) is 0 Å². The van der Waals surface area contributed by atoms with E-state index in [2.05, 4.69) is 33.0 Å². The Hall–Kier alpha value is -2.80. The fourth-order valence-electron chi connectivity index (χ4n) is 4.84. The van der Waals surface area contributed by atoms with Crippen LogP contribution in [0.25, 0.3) is 0 Å². The Morgan fingerprint density at radius 3 is 2.28 bits per heavy atom. The van der Waals surface area contributed by atoms with Crippen LogP contribution in [0.15, 0.2) is 60.7 Å². The number of nitrogens with zero attached hydrogens (tertiary/aromatic N) is 1. The molecule has 230 valence electrons. The monoisotopic (exact) mass is 624 g/mol. The highest BCUT2D eigenvalue weighted by Gasteiger charge is 2.31. The molecule has 4 rings (SSSR count). The van der Waals surface area contributed by atoms with E-state index in [-0.39, 0.29) is 17.9 Å². The zero-order chi connectivity index (χ0) is 31.1. The number of carbonyl (C=O) groups excluding carboxylic acids is 2.